The van der Waals surface area contributed by atoms with Gasteiger partial charge in [0.2, 0.25) is 10.0 Å². The maximum Gasteiger partial charge on any atom is 0.435 e. The normalized spacial score (nSPS) is 12.4. The van der Waals surface area contributed by atoms with E-state index < -0.39 is 21.9 Å². The van der Waals surface area contributed by atoms with Gasteiger partial charge in [0.25, 0.3) is 0 Å². The van der Waals surface area contributed by atoms with Gasteiger partial charge >= 0.3 is 6.18 Å². The summed E-state index contributed by atoms with van der Waals surface area (Å²) in [6, 6.07) is 11.0. The molecule has 0 aliphatic rings. The standard InChI is InChI=1S/C17H13ClF3N3O2S/c1-10-6-7-11(8-12(10)18)14-9-16(17(19,20)21)23-24(14)13-4-2-3-5-15(13)27(22,25)26/h2-9H,1H3,(H2,22,25,26). The third-order valence-electron chi connectivity index (χ3n) is 3.87. The minimum atomic E-state index is -4.72. The second-order valence-corrected chi connectivity index (χ2v) is 7.74. The van der Waals surface area contributed by atoms with Gasteiger partial charge in [0, 0.05) is 10.6 Å². The van der Waals surface area contributed by atoms with Crippen LogP contribution >= 0.6 is 11.6 Å². The molecule has 0 bridgehead atoms. The Morgan fingerprint density at radius 2 is 1.78 bits per heavy atom. The maximum atomic E-state index is 13.2. The number of sulfonamides is 1. The summed E-state index contributed by atoms with van der Waals surface area (Å²) in [6.07, 6.45) is -4.72. The van der Waals surface area contributed by atoms with Gasteiger partial charge in [-0.25, -0.2) is 18.2 Å². The average Bonchev–Trinajstić information content (AvgIpc) is 3.02. The molecule has 0 aliphatic heterocycles. The first kappa shape index (κ1) is 19.4. The molecule has 0 unspecified atom stereocenters. The summed E-state index contributed by atoms with van der Waals surface area (Å²) >= 11 is 6.09. The zero-order valence-corrected chi connectivity index (χ0v) is 15.4. The largest absolute Gasteiger partial charge is 0.435 e. The Morgan fingerprint density at radius 1 is 1.11 bits per heavy atom. The van der Waals surface area contributed by atoms with E-state index in [0.29, 0.717) is 10.6 Å². The minimum absolute atomic E-state index is 0.0281. The highest BCUT2D eigenvalue weighted by Gasteiger charge is 2.35. The van der Waals surface area contributed by atoms with Crippen molar-refractivity contribution in [2.75, 3.05) is 0 Å². The first-order valence-electron chi connectivity index (χ1n) is 7.54. The number of nitrogens with zero attached hydrogens (tertiary/aromatic N) is 2. The van der Waals surface area contributed by atoms with Crippen LogP contribution in [-0.4, -0.2) is 18.2 Å². The van der Waals surface area contributed by atoms with E-state index in [1.807, 2.05) is 0 Å². The number of aromatic nitrogens is 2. The van der Waals surface area contributed by atoms with Crippen molar-refractivity contribution >= 4 is 21.6 Å². The summed E-state index contributed by atoms with van der Waals surface area (Å²) in [7, 11) is -4.19. The van der Waals surface area contributed by atoms with Crippen LogP contribution in [0.3, 0.4) is 0 Å². The topological polar surface area (TPSA) is 78.0 Å². The molecule has 1 heterocycles. The number of rotatable bonds is 3. The van der Waals surface area contributed by atoms with Gasteiger partial charge in [0.05, 0.1) is 11.4 Å². The van der Waals surface area contributed by atoms with Gasteiger partial charge in [-0.15, -0.1) is 0 Å². The first-order valence-corrected chi connectivity index (χ1v) is 9.47. The third-order valence-corrected chi connectivity index (χ3v) is 5.23. The van der Waals surface area contributed by atoms with E-state index >= 15 is 0 Å². The van der Waals surface area contributed by atoms with Crippen LogP contribution in [0.4, 0.5) is 13.2 Å². The molecule has 0 aliphatic carbocycles. The highest BCUT2D eigenvalue weighted by Crippen LogP contribution is 2.35. The lowest BCUT2D eigenvalue weighted by Gasteiger charge is -2.12. The van der Waals surface area contributed by atoms with Crippen molar-refractivity contribution in [2.24, 2.45) is 5.14 Å². The molecule has 3 aromatic rings. The summed E-state index contributed by atoms with van der Waals surface area (Å²) in [4.78, 5) is -0.346. The zero-order valence-electron chi connectivity index (χ0n) is 13.8. The monoisotopic (exact) mass is 415 g/mol. The Bertz CT molecular complexity index is 1120. The van der Waals surface area contributed by atoms with Crippen LogP contribution in [-0.2, 0) is 16.2 Å². The number of nitrogens with two attached hydrogens (primary N) is 1. The minimum Gasteiger partial charge on any atom is -0.231 e. The van der Waals surface area contributed by atoms with Crippen LogP contribution < -0.4 is 5.14 Å². The highest BCUT2D eigenvalue weighted by atomic mass is 35.5. The van der Waals surface area contributed by atoms with Gasteiger partial charge in [0.15, 0.2) is 5.69 Å². The molecule has 2 aromatic carbocycles. The molecule has 2 N–H and O–H groups in total. The van der Waals surface area contributed by atoms with Gasteiger partial charge in [-0.2, -0.15) is 18.3 Å². The fraction of sp³-hybridized carbons (Fsp3) is 0.118. The van der Waals surface area contributed by atoms with Crippen molar-refractivity contribution in [3.63, 3.8) is 0 Å². The summed E-state index contributed by atoms with van der Waals surface area (Å²) in [5, 5.41) is 9.15. The second-order valence-electron chi connectivity index (χ2n) is 5.80. The Kier molecular flexibility index (Phi) is 4.79. The van der Waals surface area contributed by atoms with E-state index in [2.05, 4.69) is 5.10 Å². The van der Waals surface area contributed by atoms with Crippen LogP contribution in [0.25, 0.3) is 16.9 Å². The number of hydrogen-bond donors (Lipinski definition) is 1. The van der Waals surface area contributed by atoms with E-state index in [0.717, 1.165) is 16.3 Å². The highest BCUT2D eigenvalue weighted by molar-refractivity contribution is 7.89. The van der Waals surface area contributed by atoms with Crippen molar-refractivity contribution in [1.29, 1.82) is 0 Å². The first-order chi connectivity index (χ1) is 12.5. The van der Waals surface area contributed by atoms with E-state index in [9.17, 15) is 21.6 Å². The van der Waals surface area contributed by atoms with Crippen LogP contribution in [0.2, 0.25) is 5.02 Å². The molecule has 5 nitrogen and oxygen atoms in total. The third kappa shape index (κ3) is 3.85. The lowest BCUT2D eigenvalue weighted by Crippen LogP contribution is -2.16. The maximum absolute atomic E-state index is 13.2. The summed E-state index contributed by atoms with van der Waals surface area (Å²) < 4.78 is 64.4. The molecule has 0 saturated carbocycles. The van der Waals surface area contributed by atoms with Gasteiger partial charge in [0.1, 0.15) is 4.90 Å². The fourth-order valence-electron chi connectivity index (χ4n) is 2.53. The molecule has 0 amide bonds. The van der Waals surface area contributed by atoms with Gasteiger partial charge in [-0.1, -0.05) is 35.9 Å². The number of halogens is 4. The van der Waals surface area contributed by atoms with Crippen molar-refractivity contribution in [2.45, 2.75) is 18.0 Å². The number of primary sulfonamides is 1. The number of benzene rings is 2. The summed E-state index contributed by atoms with van der Waals surface area (Å²) in [5.41, 5.74) is -0.147. The molecule has 142 valence electrons. The fourth-order valence-corrected chi connectivity index (χ4v) is 3.43. The van der Waals surface area contributed by atoms with Crippen LogP contribution in [0.1, 0.15) is 11.3 Å². The molecular weight excluding hydrogens is 403 g/mol. The number of hydrogen-bond acceptors (Lipinski definition) is 3. The number of aryl methyl sites for hydroxylation is 1. The van der Waals surface area contributed by atoms with E-state index in [-0.39, 0.29) is 16.3 Å². The van der Waals surface area contributed by atoms with Crippen LogP contribution in [0.15, 0.2) is 53.4 Å². The summed E-state index contributed by atoms with van der Waals surface area (Å²) in [6.45, 7) is 1.75. The predicted octanol–water partition coefficient (Wildman–Crippen LogP) is 4.17. The smallest absolute Gasteiger partial charge is 0.231 e. The van der Waals surface area contributed by atoms with Crippen molar-refractivity contribution in [3.05, 3.63) is 64.8 Å². The molecule has 0 atom stereocenters. The van der Waals surface area contributed by atoms with E-state index in [4.69, 9.17) is 16.7 Å². The van der Waals surface area contributed by atoms with Crippen LogP contribution in [0, 0.1) is 6.92 Å². The Labute approximate surface area is 158 Å². The summed E-state index contributed by atoms with van der Waals surface area (Å²) in [5.74, 6) is 0. The Hall–Kier alpha value is -2.36. The molecule has 0 saturated heterocycles. The zero-order chi connectivity index (χ0) is 20.0. The molecule has 27 heavy (non-hydrogen) atoms. The van der Waals surface area contributed by atoms with E-state index in [1.54, 1.807) is 19.1 Å². The Balaban J connectivity index is 2.34. The molecule has 10 heteroatoms. The van der Waals surface area contributed by atoms with Crippen LogP contribution in [0.5, 0.6) is 0 Å². The quantitative estimate of drug-likeness (QED) is 0.697. The molecule has 1 aromatic heterocycles. The molecular formula is C17H13ClF3N3O2S. The lowest BCUT2D eigenvalue weighted by atomic mass is 10.1. The molecule has 3 rings (SSSR count). The second kappa shape index (κ2) is 6.66. The van der Waals surface area contributed by atoms with Gasteiger partial charge in [-0.05, 0) is 36.8 Å². The lowest BCUT2D eigenvalue weighted by molar-refractivity contribution is -0.141. The van der Waals surface area contributed by atoms with E-state index in [1.165, 1.54) is 30.3 Å². The van der Waals surface area contributed by atoms with Crippen molar-refractivity contribution in [1.82, 2.24) is 9.78 Å². The number of para-hydroxylation sites is 1. The molecule has 0 fully saturated rings. The average molecular weight is 416 g/mol. The van der Waals surface area contributed by atoms with Gasteiger partial charge in [-0.3, -0.25) is 0 Å². The molecule has 0 spiro atoms. The molecule has 0 radical (unpaired) electrons. The predicted molar refractivity (Wildman–Crippen MR) is 95.1 cm³/mol. The Morgan fingerprint density at radius 3 is 2.37 bits per heavy atom. The number of alkyl halides is 3. The van der Waals surface area contributed by atoms with Crippen molar-refractivity contribution in [3.8, 4) is 16.9 Å². The van der Waals surface area contributed by atoms with Crippen molar-refractivity contribution < 1.29 is 21.6 Å². The van der Waals surface area contributed by atoms with Gasteiger partial charge < -0.3 is 0 Å². The SMILES string of the molecule is Cc1ccc(-c2cc(C(F)(F)F)nn2-c2ccccc2S(N)(=O)=O)cc1Cl.